The lowest BCUT2D eigenvalue weighted by Gasteiger charge is -2.36. The third-order valence-electron chi connectivity index (χ3n) is 15.7. The number of likely N-dealkylation sites (tertiary alicyclic amines) is 2. The van der Waals surface area contributed by atoms with Gasteiger partial charge in [0.05, 0.1) is 12.1 Å². The Morgan fingerprint density at radius 2 is 0.778 bits per heavy atom. The molecule has 8 N–H and O–H groups in total. The Hall–Kier alpha value is -4.32. The molecule has 0 spiro atoms. The molecular weight excluding hydrogens is 917 g/mol. The van der Waals surface area contributed by atoms with Crippen LogP contribution in [0.3, 0.4) is 0 Å². The lowest BCUT2D eigenvalue weighted by atomic mass is 9.83. The summed E-state index contributed by atoms with van der Waals surface area (Å²) in [7, 11) is 3.37. The summed E-state index contributed by atoms with van der Waals surface area (Å²) >= 11 is 0. The Balaban J connectivity index is 1.23. The summed E-state index contributed by atoms with van der Waals surface area (Å²) in [6.45, 7) is 16.6. The maximum absolute atomic E-state index is 14.0. The molecule has 0 aromatic heterocycles. The van der Waals surface area contributed by atoms with Crippen molar-refractivity contribution in [1.82, 2.24) is 52.3 Å². The number of nitrogens with one attached hydrogen (secondary N) is 8. The molecule has 0 aromatic rings. The summed E-state index contributed by atoms with van der Waals surface area (Å²) in [4.78, 5) is 113. The molecule has 72 heavy (non-hydrogen) atoms. The molecule has 4 aliphatic rings. The maximum Gasteiger partial charge on any atom is 0.246 e. The molecule has 8 atom stereocenters. The second kappa shape index (κ2) is 28.9. The molecular formula is C54H96N10O8. The first-order valence-corrected chi connectivity index (χ1v) is 27.8. The van der Waals surface area contributed by atoms with Gasteiger partial charge in [-0.3, -0.25) is 38.4 Å². The van der Waals surface area contributed by atoms with Crippen molar-refractivity contribution in [2.75, 3.05) is 40.3 Å². The highest BCUT2D eigenvalue weighted by molar-refractivity contribution is 5.97. The molecule has 4 rings (SSSR count). The standard InChI is InChI=1S/C54H96N10O8/c1-35(55-9)45(65)61-43(53(3,4)5)51(71)63-33-23-29-39(63)47(67)59-41(37-25-17-15-18-26-37)49(69)57-31-21-13-11-12-14-22-32-58-50(70)42(38-27-19-16-20-28-38)60-48(68)40-30-24-34-64(40)52(72)44(54(6,7)8)62-46(66)36(2)56-10/h35-44,55-56H,11-34H2,1-10H3,(H,57,69)(H,58,70)(H,59,67)(H,60,68)(H,61,65)(H,62,66)/t35-,36-,39-,40-,41-,42-,43+,44+/m0/s1. The third kappa shape index (κ3) is 17.7. The maximum atomic E-state index is 14.0. The van der Waals surface area contributed by atoms with Crippen LogP contribution in [0, 0.1) is 22.7 Å². The summed E-state index contributed by atoms with van der Waals surface area (Å²) in [5.41, 5.74) is -1.19. The topological polar surface area (TPSA) is 239 Å². The fourth-order valence-electron chi connectivity index (χ4n) is 10.9. The quantitative estimate of drug-likeness (QED) is 0.0613. The molecule has 410 valence electrons. The zero-order valence-corrected chi connectivity index (χ0v) is 45.9. The Labute approximate surface area is 431 Å². The fraction of sp³-hybridized carbons (Fsp3) is 0.852. The molecule has 2 heterocycles. The van der Waals surface area contributed by atoms with Crippen LogP contribution in [0.5, 0.6) is 0 Å². The van der Waals surface area contributed by atoms with Crippen molar-refractivity contribution in [1.29, 1.82) is 0 Å². The van der Waals surface area contributed by atoms with Gasteiger partial charge in [-0.15, -0.1) is 0 Å². The second-order valence-corrected chi connectivity index (χ2v) is 23.5. The lowest BCUT2D eigenvalue weighted by Crippen LogP contribution is -2.61. The molecule has 2 saturated carbocycles. The van der Waals surface area contributed by atoms with E-state index in [0.717, 1.165) is 103 Å². The SMILES string of the molecule is CN[C@@H](C)C(=O)N[C@H](C(=O)N1CCC[C@H]1C(=O)N[C@H](C(=O)NCCCCCCCCNC(=O)[C@@H](NC(=O)[C@@H]1CCCN1C(=O)[C@@H](NC(=O)[C@H](C)NC)C(C)(C)C)C1CCCCC1)C1CCCCC1)C(C)(C)C. The Bertz CT molecular complexity index is 1680. The molecule has 0 aromatic carbocycles. The Morgan fingerprint density at radius 1 is 0.444 bits per heavy atom. The van der Waals surface area contributed by atoms with Gasteiger partial charge in [-0.05, 0) is 115 Å². The summed E-state index contributed by atoms with van der Waals surface area (Å²) in [6, 6.07) is -5.44. The fourth-order valence-corrected chi connectivity index (χ4v) is 10.9. The van der Waals surface area contributed by atoms with E-state index >= 15 is 0 Å². The van der Waals surface area contributed by atoms with E-state index in [0.29, 0.717) is 51.9 Å². The van der Waals surface area contributed by atoms with Gasteiger partial charge < -0.3 is 52.3 Å². The van der Waals surface area contributed by atoms with Crippen molar-refractivity contribution in [2.24, 2.45) is 22.7 Å². The smallest absolute Gasteiger partial charge is 0.246 e. The highest BCUT2D eigenvalue weighted by Gasteiger charge is 2.45. The highest BCUT2D eigenvalue weighted by Crippen LogP contribution is 2.31. The van der Waals surface area contributed by atoms with Gasteiger partial charge in [-0.25, -0.2) is 0 Å². The molecule has 4 fully saturated rings. The molecule has 0 radical (unpaired) electrons. The van der Waals surface area contributed by atoms with Crippen LogP contribution >= 0.6 is 0 Å². The first-order valence-electron chi connectivity index (χ1n) is 27.8. The number of hydrogen-bond donors (Lipinski definition) is 8. The predicted molar refractivity (Wildman–Crippen MR) is 280 cm³/mol. The van der Waals surface area contributed by atoms with E-state index < -0.39 is 59.2 Å². The van der Waals surface area contributed by atoms with Crippen LogP contribution in [0.4, 0.5) is 0 Å². The van der Waals surface area contributed by atoms with Crippen LogP contribution < -0.4 is 42.5 Å². The second-order valence-electron chi connectivity index (χ2n) is 23.5. The number of amides is 8. The minimum atomic E-state index is -0.822. The molecule has 2 aliphatic carbocycles. The number of hydrogen-bond acceptors (Lipinski definition) is 10. The van der Waals surface area contributed by atoms with Crippen molar-refractivity contribution in [2.45, 2.75) is 232 Å². The van der Waals surface area contributed by atoms with E-state index in [1.54, 1.807) is 37.7 Å². The molecule has 2 aliphatic heterocycles. The van der Waals surface area contributed by atoms with Crippen LogP contribution in [-0.2, 0) is 38.4 Å². The average molecular weight is 1010 g/mol. The van der Waals surface area contributed by atoms with Gasteiger partial charge in [0.15, 0.2) is 0 Å². The molecule has 2 saturated heterocycles. The number of carbonyl (C=O) groups excluding carboxylic acids is 8. The van der Waals surface area contributed by atoms with E-state index in [1.807, 2.05) is 41.5 Å². The summed E-state index contributed by atoms with van der Waals surface area (Å²) in [6.07, 6.45) is 17.2. The van der Waals surface area contributed by atoms with Crippen LogP contribution in [0.2, 0.25) is 0 Å². The van der Waals surface area contributed by atoms with Gasteiger partial charge >= 0.3 is 0 Å². The zero-order chi connectivity index (χ0) is 53.2. The molecule has 8 amide bonds. The molecule has 18 nitrogen and oxygen atoms in total. The molecule has 0 unspecified atom stereocenters. The van der Waals surface area contributed by atoms with E-state index in [1.165, 1.54) is 0 Å². The van der Waals surface area contributed by atoms with Crippen molar-refractivity contribution in [3.05, 3.63) is 0 Å². The minimum absolute atomic E-state index is 0.0154. The van der Waals surface area contributed by atoms with Crippen molar-refractivity contribution >= 4 is 47.3 Å². The van der Waals surface area contributed by atoms with Gasteiger partial charge in [-0.1, -0.05) is 106 Å². The number of nitrogens with zero attached hydrogens (tertiary/aromatic N) is 2. The van der Waals surface area contributed by atoms with Crippen LogP contribution in [0.15, 0.2) is 0 Å². The van der Waals surface area contributed by atoms with E-state index in [-0.39, 0.29) is 59.1 Å². The van der Waals surface area contributed by atoms with E-state index in [4.69, 9.17) is 0 Å². The van der Waals surface area contributed by atoms with Gasteiger partial charge in [0.25, 0.3) is 0 Å². The predicted octanol–water partition coefficient (Wildman–Crippen LogP) is 3.95. The number of rotatable bonds is 25. The van der Waals surface area contributed by atoms with Crippen LogP contribution in [-0.4, -0.2) is 146 Å². The summed E-state index contributed by atoms with van der Waals surface area (Å²) in [5.74, 6) is -2.14. The summed E-state index contributed by atoms with van der Waals surface area (Å²) in [5, 5.41) is 24.1. The van der Waals surface area contributed by atoms with Crippen molar-refractivity contribution in [3.63, 3.8) is 0 Å². The number of likely N-dealkylation sites (N-methyl/N-ethyl adjacent to an activating group) is 2. The zero-order valence-electron chi connectivity index (χ0n) is 45.9. The summed E-state index contributed by atoms with van der Waals surface area (Å²) < 4.78 is 0. The van der Waals surface area contributed by atoms with Gasteiger partial charge in [0, 0.05) is 26.2 Å². The average Bonchev–Trinajstić information content (AvgIpc) is 4.06. The lowest BCUT2D eigenvalue weighted by molar-refractivity contribution is -0.144. The van der Waals surface area contributed by atoms with Crippen molar-refractivity contribution < 1.29 is 38.4 Å². The monoisotopic (exact) mass is 1010 g/mol. The molecule has 0 bridgehead atoms. The first kappa shape index (κ1) is 60.2. The normalized spacial score (nSPS) is 21.6. The largest absolute Gasteiger partial charge is 0.354 e. The third-order valence-corrected chi connectivity index (χ3v) is 15.7. The van der Waals surface area contributed by atoms with E-state index in [9.17, 15) is 38.4 Å². The van der Waals surface area contributed by atoms with Gasteiger partial charge in [0.2, 0.25) is 47.3 Å². The number of carbonyl (C=O) groups is 8. The highest BCUT2D eigenvalue weighted by atomic mass is 16.2. The van der Waals surface area contributed by atoms with Gasteiger partial charge in [-0.2, -0.15) is 0 Å². The van der Waals surface area contributed by atoms with Crippen LogP contribution in [0.1, 0.15) is 184 Å². The van der Waals surface area contributed by atoms with Crippen LogP contribution in [0.25, 0.3) is 0 Å². The Morgan fingerprint density at radius 3 is 1.10 bits per heavy atom. The van der Waals surface area contributed by atoms with Crippen molar-refractivity contribution in [3.8, 4) is 0 Å². The first-order chi connectivity index (χ1) is 34.1. The van der Waals surface area contributed by atoms with E-state index in [2.05, 4.69) is 42.5 Å². The minimum Gasteiger partial charge on any atom is -0.354 e. The van der Waals surface area contributed by atoms with Gasteiger partial charge in [0.1, 0.15) is 36.3 Å². The number of unbranched alkanes of at least 4 members (excludes halogenated alkanes) is 5. The molecule has 18 heteroatoms. The Kier molecular flexibility index (Phi) is 24.2.